The molecule has 0 heterocycles. The van der Waals surface area contributed by atoms with Crippen molar-refractivity contribution in [2.24, 2.45) is 0 Å². The lowest BCUT2D eigenvalue weighted by Crippen LogP contribution is -2.06. The van der Waals surface area contributed by atoms with Crippen LogP contribution in [0.4, 0.5) is 0 Å². The molecule has 0 spiro atoms. The Morgan fingerprint density at radius 1 is 1.22 bits per heavy atom. The number of hydrogen-bond acceptors (Lipinski definition) is 1. The van der Waals surface area contributed by atoms with Crippen LogP contribution in [0.15, 0.2) is 0 Å². The standard InChI is InChI=1S/C8H15O/c1-7(2)9-8-5-3-4-6-8/h7H,3-6H2,1-2H3. The van der Waals surface area contributed by atoms with Crippen LogP contribution < -0.4 is 0 Å². The highest BCUT2D eigenvalue weighted by Gasteiger charge is 2.17. The van der Waals surface area contributed by atoms with E-state index >= 15 is 0 Å². The van der Waals surface area contributed by atoms with E-state index in [2.05, 4.69) is 13.8 Å². The van der Waals surface area contributed by atoms with Crippen molar-refractivity contribution >= 4 is 0 Å². The van der Waals surface area contributed by atoms with Crippen LogP contribution in [0.1, 0.15) is 39.5 Å². The van der Waals surface area contributed by atoms with Gasteiger partial charge in [0.1, 0.15) is 0 Å². The number of hydrogen-bond donors (Lipinski definition) is 0. The Kier molecular flexibility index (Phi) is 2.52. The van der Waals surface area contributed by atoms with Gasteiger partial charge in [-0.15, -0.1) is 0 Å². The minimum absolute atomic E-state index is 0.387. The Labute approximate surface area is 57.4 Å². The van der Waals surface area contributed by atoms with E-state index in [1.54, 1.807) is 0 Å². The Bertz CT molecular complexity index is 72.6. The first-order chi connectivity index (χ1) is 4.29. The van der Waals surface area contributed by atoms with Crippen molar-refractivity contribution in [1.82, 2.24) is 0 Å². The summed E-state index contributed by atoms with van der Waals surface area (Å²) in [6.45, 7) is 4.18. The van der Waals surface area contributed by atoms with E-state index < -0.39 is 0 Å². The summed E-state index contributed by atoms with van der Waals surface area (Å²) >= 11 is 0. The Hall–Kier alpha value is -0.0400. The molecule has 9 heavy (non-hydrogen) atoms. The summed E-state index contributed by atoms with van der Waals surface area (Å²) in [5.41, 5.74) is 0. The van der Waals surface area contributed by atoms with Gasteiger partial charge in [0.25, 0.3) is 0 Å². The molecule has 0 bridgehead atoms. The molecule has 0 saturated heterocycles. The molecule has 1 radical (unpaired) electrons. The van der Waals surface area contributed by atoms with Crippen LogP contribution >= 0.6 is 0 Å². The molecule has 1 saturated carbocycles. The maximum Gasteiger partial charge on any atom is 0.0974 e. The van der Waals surface area contributed by atoms with Crippen LogP contribution in [0.5, 0.6) is 0 Å². The lowest BCUT2D eigenvalue weighted by Gasteiger charge is -2.12. The van der Waals surface area contributed by atoms with Crippen molar-refractivity contribution < 1.29 is 4.74 Å². The van der Waals surface area contributed by atoms with Gasteiger partial charge in [0, 0.05) is 0 Å². The summed E-state index contributed by atoms with van der Waals surface area (Å²) in [6.07, 6.45) is 6.79. The second-order valence-corrected chi connectivity index (χ2v) is 2.91. The van der Waals surface area contributed by atoms with Crippen molar-refractivity contribution in [1.29, 1.82) is 0 Å². The Morgan fingerprint density at radius 2 is 1.78 bits per heavy atom. The molecule has 0 atom stereocenters. The van der Waals surface area contributed by atoms with Crippen LogP contribution in [-0.4, -0.2) is 6.10 Å². The zero-order valence-electron chi connectivity index (χ0n) is 6.31. The van der Waals surface area contributed by atoms with Crippen molar-refractivity contribution in [3.05, 3.63) is 6.10 Å². The van der Waals surface area contributed by atoms with Gasteiger partial charge in [-0.3, -0.25) is 0 Å². The van der Waals surface area contributed by atoms with Gasteiger partial charge < -0.3 is 4.74 Å². The molecule has 1 fully saturated rings. The molecule has 0 amide bonds. The first kappa shape index (κ1) is 7.07. The van der Waals surface area contributed by atoms with Gasteiger partial charge in [0.05, 0.1) is 12.2 Å². The fourth-order valence-electron chi connectivity index (χ4n) is 1.22. The normalized spacial score (nSPS) is 21.7. The van der Waals surface area contributed by atoms with E-state index in [4.69, 9.17) is 4.74 Å². The van der Waals surface area contributed by atoms with Crippen LogP contribution in [0.25, 0.3) is 0 Å². The van der Waals surface area contributed by atoms with Crippen LogP contribution in [0.3, 0.4) is 0 Å². The average Bonchev–Trinajstić information content (AvgIpc) is 2.15. The molecule has 53 valence electrons. The molecule has 0 aromatic carbocycles. The van der Waals surface area contributed by atoms with Crippen LogP contribution in [0, 0.1) is 6.10 Å². The van der Waals surface area contributed by atoms with Crippen molar-refractivity contribution in [2.75, 3.05) is 0 Å². The SMILES string of the molecule is CC(C)O[C]1CCCC1. The monoisotopic (exact) mass is 127 g/mol. The van der Waals surface area contributed by atoms with E-state index in [1.807, 2.05) is 0 Å². The highest BCUT2D eigenvalue weighted by Crippen LogP contribution is 2.28. The first-order valence-electron chi connectivity index (χ1n) is 3.80. The predicted octanol–water partition coefficient (Wildman–Crippen LogP) is 2.52. The van der Waals surface area contributed by atoms with E-state index in [0.29, 0.717) is 6.10 Å². The second-order valence-electron chi connectivity index (χ2n) is 2.91. The third-order valence-corrected chi connectivity index (χ3v) is 1.56. The number of ether oxygens (including phenoxy) is 1. The van der Waals surface area contributed by atoms with Crippen molar-refractivity contribution in [3.63, 3.8) is 0 Å². The third kappa shape index (κ3) is 2.35. The molecule has 1 rings (SSSR count). The summed E-state index contributed by atoms with van der Waals surface area (Å²) < 4.78 is 5.53. The highest BCUT2D eigenvalue weighted by molar-refractivity contribution is 4.84. The van der Waals surface area contributed by atoms with Crippen LogP contribution in [0.2, 0.25) is 0 Å². The van der Waals surface area contributed by atoms with Gasteiger partial charge in [0.15, 0.2) is 0 Å². The maximum atomic E-state index is 5.53. The zero-order valence-corrected chi connectivity index (χ0v) is 6.31. The molecule has 0 N–H and O–H groups in total. The molecular weight excluding hydrogens is 112 g/mol. The maximum absolute atomic E-state index is 5.53. The van der Waals surface area contributed by atoms with Gasteiger partial charge in [-0.1, -0.05) is 12.8 Å². The molecule has 1 heteroatoms. The molecule has 0 aromatic heterocycles. The summed E-state index contributed by atoms with van der Waals surface area (Å²) in [4.78, 5) is 0. The molecular formula is C8H15O. The molecule has 0 unspecified atom stereocenters. The van der Waals surface area contributed by atoms with Gasteiger partial charge in [-0.2, -0.15) is 0 Å². The molecule has 0 aliphatic heterocycles. The van der Waals surface area contributed by atoms with Crippen molar-refractivity contribution in [2.45, 2.75) is 45.6 Å². The highest BCUT2D eigenvalue weighted by atomic mass is 16.5. The predicted molar refractivity (Wildman–Crippen MR) is 37.9 cm³/mol. The molecule has 1 aliphatic rings. The minimum atomic E-state index is 0.387. The summed E-state index contributed by atoms with van der Waals surface area (Å²) in [7, 11) is 0. The summed E-state index contributed by atoms with van der Waals surface area (Å²) in [5, 5.41) is 0. The van der Waals surface area contributed by atoms with Gasteiger partial charge >= 0.3 is 0 Å². The second kappa shape index (κ2) is 3.21. The Balaban J connectivity index is 2.11. The third-order valence-electron chi connectivity index (χ3n) is 1.56. The van der Waals surface area contributed by atoms with Crippen LogP contribution in [-0.2, 0) is 4.74 Å². The van der Waals surface area contributed by atoms with Crippen molar-refractivity contribution in [3.8, 4) is 0 Å². The minimum Gasteiger partial charge on any atom is -0.369 e. The Morgan fingerprint density at radius 3 is 2.22 bits per heavy atom. The quantitative estimate of drug-likeness (QED) is 0.553. The lowest BCUT2D eigenvalue weighted by atomic mass is 10.3. The topological polar surface area (TPSA) is 9.23 Å². The molecule has 1 nitrogen and oxygen atoms in total. The van der Waals surface area contributed by atoms with E-state index in [0.717, 1.165) is 0 Å². The summed E-state index contributed by atoms with van der Waals surface area (Å²) in [6, 6.07) is 0. The zero-order chi connectivity index (χ0) is 6.69. The van der Waals surface area contributed by atoms with Gasteiger partial charge in [-0.05, 0) is 26.7 Å². The van der Waals surface area contributed by atoms with E-state index in [9.17, 15) is 0 Å². The van der Waals surface area contributed by atoms with Gasteiger partial charge in [-0.25, -0.2) is 0 Å². The van der Waals surface area contributed by atoms with E-state index in [-0.39, 0.29) is 0 Å². The van der Waals surface area contributed by atoms with Gasteiger partial charge in [0.2, 0.25) is 0 Å². The van der Waals surface area contributed by atoms with E-state index in [1.165, 1.54) is 31.8 Å². The fraction of sp³-hybridized carbons (Fsp3) is 0.875. The number of rotatable bonds is 2. The fourth-order valence-corrected chi connectivity index (χ4v) is 1.22. The lowest BCUT2D eigenvalue weighted by molar-refractivity contribution is 0.0856. The molecule has 1 aliphatic carbocycles. The smallest absolute Gasteiger partial charge is 0.0974 e. The largest absolute Gasteiger partial charge is 0.369 e. The molecule has 0 aromatic rings. The average molecular weight is 127 g/mol. The first-order valence-corrected chi connectivity index (χ1v) is 3.80. The summed E-state index contributed by atoms with van der Waals surface area (Å²) in [5.74, 6) is 0.